The number of benzene rings is 1. The molecule has 1 aliphatic rings. The van der Waals surface area contributed by atoms with Crippen molar-refractivity contribution in [3.05, 3.63) is 47.8 Å². The Hall–Kier alpha value is -3.51. The molecule has 35 heavy (non-hydrogen) atoms. The molecule has 1 aromatic heterocycles. The topological polar surface area (TPSA) is 89.5 Å². The van der Waals surface area contributed by atoms with Crippen molar-refractivity contribution in [3.63, 3.8) is 0 Å². The van der Waals surface area contributed by atoms with Crippen molar-refractivity contribution in [1.82, 2.24) is 15.6 Å². The van der Waals surface area contributed by atoms with Gasteiger partial charge in [-0.2, -0.15) is 26.3 Å². The molecule has 190 valence electrons. The normalized spacial score (nSPS) is 15.7. The molecule has 2 amide bonds. The molecule has 7 nitrogen and oxygen atoms in total. The van der Waals surface area contributed by atoms with Crippen LogP contribution in [0.4, 0.5) is 26.3 Å². The molecule has 0 radical (unpaired) electrons. The molecule has 1 aromatic carbocycles. The zero-order valence-electron chi connectivity index (χ0n) is 18.5. The molecule has 2 N–H and O–H groups in total. The van der Waals surface area contributed by atoms with E-state index in [2.05, 4.69) is 15.6 Å². The summed E-state index contributed by atoms with van der Waals surface area (Å²) in [5.74, 6) is -4.66. The lowest BCUT2D eigenvalue weighted by atomic mass is 10.1. The second-order valence-electron chi connectivity index (χ2n) is 7.96. The Labute approximate surface area is 195 Å². The van der Waals surface area contributed by atoms with E-state index in [4.69, 9.17) is 9.47 Å². The third-order valence-corrected chi connectivity index (χ3v) is 5.38. The van der Waals surface area contributed by atoms with Crippen molar-refractivity contribution >= 4 is 11.8 Å². The number of halogens is 6. The molecule has 0 saturated heterocycles. The van der Waals surface area contributed by atoms with Gasteiger partial charge in [0.15, 0.2) is 0 Å². The molecule has 1 fully saturated rings. The maximum atomic E-state index is 13.3. The smallest absolute Gasteiger partial charge is 0.420 e. The highest BCUT2D eigenvalue weighted by atomic mass is 19.4. The van der Waals surface area contributed by atoms with Gasteiger partial charge in [-0.3, -0.25) is 14.6 Å². The maximum Gasteiger partial charge on any atom is 0.420 e. The fraction of sp³-hybridized carbons (Fsp3) is 0.409. The van der Waals surface area contributed by atoms with Gasteiger partial charge in [-0.15, -0.1) is 0 Å². The largest absolute Gasteiger partial charge is 0.497 e. The van der Waals surface area contributed by atoms with E-state index in [1.54, 1.807) is 0 Å². The minimum absolute atomic E-state index is 0.00260. The van der Waals surface area contributed by atoms with E-state index in [1.807, 2.05) is 0 Å². The van der Waals surface area contributed by atoms with Gasteiger partial charge in [0.25, 0.3) is 0 Å². The molecule has 1 saturated carbocycles. The average molecular weight is 505 g/mol. The number of carbonyl (C=O) groups is 2. The van der Waals surface area contributed by atoms with Crippen LogP contribution in [0.1, 0.15) is 31.0 Å². The molecule has 1 unspecified atom stereocenters. The minimum atomic E-state index is -4.73. The van der Waals surface area contributed by atoms with Crippen molar-refractivity contribution in [1.29, 1.82) is 0 Å². The van der Waals surface area contributed by atoms with Crippen LogP contribution in [0.25, 0.3) is 0 Å². The number of aromatic nitrogens is 1. The molecule has 1 atom stereocenters. The van der Waals surface area contributed by atoms with Crippen LogP contribution in [0.15, 0.2) is 36.5 Å². The molecular formula is C22H21F6N3O4. The Kier molecular flexibility index (Phi) is 7.18. The first-order valence-electron chi connectivity index (χ1n) is 10.3. The van der Waals surface area contributed by atoms with Crippen LogP contribution in [-0.4, -0.2) is 35.6 Å². The van der Waals surface area contributed by atoms with Gasteiger partial charge in [-0.05, 0) is 50.1 Å². The van der Waals surface area contributed by atoms with Crippen LogP contribution in [0.3, 0.4) is 0 Å². The summed E-state index contributed by atoms with van der Waals surface area (Å²) in [5, 5.41) is 4.65. The first-order valence-corrected chi connectivity index (χ1v) is 10.3. The van der Waals surface area contributed by atoms with Crippen LogP contribution >= 0.6 is 0 Å². The number of nitrogens with zero attached hydrogens (tertiary/aromatic N) is 1. The molecule has 2 aromatic rings. The summed E-state index contributed by atoms with van der Waals surface area (Å²) >= 11 is 0. The number of alkyl halides is 6. The fourth-order valence-electron chi connectivity index (χ4n) is 3.02. The average Bonchev–Trinajstić information content (AvgIpc) is 3.57. The Bertz CT molecular complexity index is 1080. The quantitative estimate of drug-likeness (QED) is 0.521. The molecule has 1 heterocycles. The number of pyridine rings is 1. The standard InChI is InChI=1S/C22H21F6N3O4/c1-12(21(23,24)25)18(32)31-20(7-8-20)19(33)30-10-13-3-4-15(11-29-13)35-17-6-5-14(34-2)9-16(17)22(26,27)28/h3-6,9,11-12H,7-8,10H2,1-2H3,(H,30,33)(H,31,32). The van der Waals surface area contributed by atoms with Crippen molar-refractivity contribution in [2.75, 3.05) is 7.11 Å². The summed E-state index contributed by atoms with van der Waals surface area (Å²) in [5.41, 5.74) is -2.13. The fourth-order valence-corrected chi connectivity index (χ4v) is 3.02. The maximum absolute atomic E-state index is 13.3. The predicted molar refractivity (Wildman–Crippen MR) is 109 cm³/mol. The van der Waals surface area contributed by atoms with Gasteiger partial charge in [-0.25, -0.2) is 0 Å². The van der Waals surface area contributed by atoms with Gasteiger partial charge in [0, 0.05) is 0 Å². The van der Waals surface area contributed by atoms with E-state index < -0.39 is 46.9 Å². The van der Waals surface area contributed by atoms with E-state index in [9.17, 15) is 35.9 Å². The van der Waals surface area contributed by atoms with Gasteiger partial charge in [0.1, 0.15) is 34.3 Å². The third kappa shape index (κ3) is 6.34. The zero-order chi connectivity index (χ0) is 26.0. The summed E-state index contributed by atoms with van der Waals surface area (Å²) < 4.78 is 88.2. The van der Waals surface area contributed by atoms with E-state index >= 15 is 0 Å². The number of nitrogens with one attached hydrogen (secondary N) is 2. The van der Waals surface area contributed by atoms with Crippen LogP contribution in [0, 0.1) is 5.92 Å². The summed E-state index contributed by atoms with van der Waals surface area (Å²) in [7, 11) is 1.24. The predicted octanol–water partition coefficient (Wildman–Crippen LogP) is 4.36. The van der Waals surface area contributed by atoms with Crippen LogP contribution in [-0.2, 0) is 22.3 Å². The molecule has 13 heteroatoms. The number of hydrogen-bond donors (Lipinski definition) is 2. The minimum Gasteiger partial charge on any atom is -0.497 e. The molecule has 0 aliphatic heterocycles. The number of ether oxygens (including phenoxy) is 2. The number of methoxy groups -OCH3 is 1. The highest BCUT2D eigenvalue weighted by Gasteiger charge is 2.53. The van der Waals surface area contributed by atoms with E-state index in [0.717, 1.165) is 18.3 Å². The number of amides is 2. The summed E-state index contributed by atoms with van der Waals surface area (Å²) in [6.07, 6.45) is -7.87. The number of rotatable bonds is 8. The van der Waals surface area contributed by atoms with Gasteiger partial charge >= 0.3 is 12.4 Å². The lowest BCUT2D eigenvalue weighted by Crippen LogP contribution is -2.51. The third-order valence-electron chi connectivity index (χ3n) is 5.38. The lowest BCUT2D eigenvalue weighted by Gasteiger charge is -2.21. The van der Waals surface area contributed by atoms with Crippen molar-refractivity contribution < 1.29 is 45.4 Å². The number of hydrogen-bond acceptors (Lipinski definition) is 5. The Morgan fingerprint density at radius 2 is 1.74 bits per heavy atom. The lowest BCUT2D eigenvalue weighted by molar-refractivity contribution is -0.179. The van der Waals surface area contributed by atoms with E-state index in [-0.39, 0.29) is 30.9 Å². The second-order valence-corrected chi connectivity index (χ2v) is 7.96. The summed E-state index contributed by atoms with van der Waals surface area (Å²) in [6.45, 7) is 0.586. The molecule has 3 rings (SSSR count). The molecule has 0 spiro atoms. The Morgan fingerprint density at radius 3 is 2.26 bits per heavy atom. The summed E-state index contributed by atoms with van der Waals surface area (Å²) in [6, 6.07) is 5.96. The first kappa shape index (κ1) is 26.1. The highest BCUT2D eigenvalue weighted by Crippen LogP contribution is 2.40. The van der Waals surface area contributed by atoms with Crippen LogP contribution in [0.5, 0.6) is 17.2 Å². The summed E-state index contributed by atoms with van der Waals surface area (Å²) in [4.78, 5) is 28.3. The molecule has 1 aliphatic carbocycles. The van der Waals surface area contributed by atoms with Gasteiger partial charge in [0.2, 0.25) is 11.8 Å². The Morgan fingerprint density at radius 1 is 1.09 bits per heavy atom. The van der Waals surface area contributed by atoms with E-state index in [0.29, 0.717) is 12.6 Å². The van der Waals surface area contributed by atoms with Crippen molar-refractivity contribution in [3.8, 4) is 17.2 Å². The van der Waals surface area contributed by atoms with Crippen LogP contribution in [0.2, 0.25) is 0 Å². The SMILES string of the molecule is COc1ccc(Oc2ccc(CNC(=O)C3(NC(=O)C(C)C(F)(F)F)CC3)nc2)c(C(F)(F)F)c1. The molecular weight excluding hydrogens is 484 g/mol. The van der Waals surface area contributed by atoms with Gasteiger partial charge in [0.05, 0.1) is 25.5 Å². The monoisotopic (exact) mass is 505 g/mol. The van der Waals surface area contributed by atoms with Crippen molar-refractivity contribution in [2.24, 2.45) is 5.92 Å². The van der Waals surface area contributed by atoms with Crippen molar-refractivity contribution in [2.45, 2.75) is 44.2 Å². The Balaban J connectivity index is 1.60. The van der Waals surface area contributed by atoms with Crippen LogP contribution < -0.4 is 20.1 Å². The zero-order valence-corrected chi connectivity index (χ0v) is 18.5. The van der Waals surface area contributed by atoms with E-state index in [1.165, 1.54) is 25.3 Å². The second kappa shape index (κ2) is 9.62. The van der Waals surface area contributed by atoms with Gasteiger partial charge in [-0.1, -0.05) is 0 Å². The molecule has 0 bridgehead atoms. The highest BCUT2D eigenvalue weighted by molar-refractivity contribution is 5.94. The first-order chi connectivity index (χ1) is 16.2. The van der Waals surface area contributed by atoms with Gasteiger partial charge < -0.3 is 20.1 Å². The number of carbonyl (C=O) groups excluding carboxylic acids is 2.